The number of hydrogen-bond acceptors (Lipinski definition) is 4. The third-order valence-electron chi connectivity index (χ3n) is 5.09. The van der Waals surface area contributed by atoms with Gasteiger partial charge in [-0.1, -0.05) is 57.9 Å². The number of halogens is 2. The van der Waals surface area contributed by atoms with E-state index in [1.54, 1.807) is 18.2 Å². The summed E-state index contributed by atoms with van der Waals surface area (Å²) in [6.07, 6.45) is 0.765. The minimum atomic E-state index is -0.940. The van der Waals surface area contributed by atoms with Crippen molar-refractivity contribution in [3.63, 3.8) is 0 Å². The highest BCUT2D eigenvalue weighted by Gasteiger charge is 2.36. The molecular formula is C22H23BrClN3O4. The van der Waals surface area contributed by atoms with Gasteiger partial charge in [0.15, 0.2) is 0 Å². The van der Waals surface area contributed by atoms with Crippen LogP contribution >= 0.6 is 27.5 Å². The molecule has 3 amide bonds. The molecule has 2 aromatic rings. The van der Waals surface area contributed by atoms with Crippen molar-refractivity contribution < 1.29 is 19.1 Å². The van der Waals surface area contributed by atoms with E-state index in [0.29, 0.717) is 24.4 Å². The first-order valence-corrected chi connectivity index (χ1v) is 11.0. The third-order valence-corrected chi connectivity index (χ3v) is 6.10. The van der Waals surface area contributed by atoms with E-state index in [2.05, 4.69) is 21.2 Å². The summed E-state index contributed by atoms with van der Waals surface area (Å²) < 4.78 is 6.12. The number of primary amides is 1. The van der Waals surface area contributed by atoms with Crippen LogP contribution in [0.3, 0.4) is 0 Å². The number of hydrogen-bond donors (Lipinski definition) is 2. The van der Waals surface area contributed by atoms with E-state index in [1.807, 2.05) is 30.3 Å². The maximum Gasteiger partial charge on any atom is 0.410 e. The molecule has 3 N–H and O–H groups in total. The van der Waals surface area contributed by atoms with Crippen LogP contribution < -0.4 is 11.1 Å². The lowest BCUT2D eigenvalue weighted by Gasteiger charge is -2.25. The van der Waals surface area contributed by atoms with Gasteiger partial charge < -0.3 is 15.8 Å². The quantitative estimate of drug-likeness (QED) is 0.598. The van der Waals surface area contributed by atoms with E-state index >= 15 is 0 Å². The van der Waals surface area contributed by atoms with Gasteiger partial charge in [0.1, 0.15) is 18.7 Å². The average Bonchev–Trinajstić information content (AvgIpc) is 3.25. The first-order chi connectivity index (χ1) is 14.8. The standard InChI is InChI=1S/C22H23BrClN3O4/c23-17-9-8-16(24)11-15(17)12-18(20(25)28)26-21(29)19-7-4-10-27(19)22(30)31-13-14-5-2-1-3-6-14/h1-3,5-6,8-9,11,18-19H,4,7,10,12-13H2,(H2,25,28)(H,26,29)/t18-,19-/m1/s1. The van der Waals surface area contributed by atoms with E-state index < -0.39 is 30.0 Å². The zero-order valence-electron chi connectivity index (χ0n) is 16.7. The average molecular weight is 509 g/mol. The summed E-state index contributed by atoms with van der Waals surface area (Å²) in [5, 5.41) is 3.20. The highest BCUT2D eigenvalue weighted by molar-refractivity contribution is 9.10. The minimum absolute atomic E-state index is 0.122. The molecule has 9 heteroatoms. The zero-order chi connectivity index (χ0) is 22.4. The number of carbonyl (C=O) groups excluding carboxylic acids is 3. The molecule has 2 aromatic carbocycles. The predicted molar refractivity (Wildman–Crippen MR) is 120 cm³/mol. The molecule has 31 heavy (non-hydrogen) atoms. The van der Waals surface area contributed by atoms with Crippen LogP contribution in [0.5, 0.6) is 0 Å². The van der Waals surface area contributed by atoms with Gasteiger partial charge >= 0.3 is 6.09 Å². The molecule has 0 aliphatic carbocycles. The van der Waals surface area contributed by atoms with Gasteiger partial charge in [0, 0.05) is 22.5 Å². The molecule has 1 saturated heterocycles. The Bertz CT molecular complexity index is 957. The van der Waals surface area contributed by atoms with E-state index in [0.717, 1.165) is 15.6 Å². The van der Waals surface area contributed by atoms with E-state index in [9.17, 15) is 14.4 Å². The van der Waals surface area contributed by atoms with Crippen LogP contribution in [0, 0.1) is 0 Å². The van der Waals surface area contributed by atoms with Crippen LogP contribution in [0.1, 0.15) is 24.0 Å². The van der Waals surface area contributed by atoms with Gasteiger partial charge in [0.05, 0.1) is 0 Å². The Kier molecular flexibility index (Phi) is 7.92. The molecule has 1 heterocycles. The molecule has 3 rings (SSSR count). The summed E-state index contributed by atoms with van der Waals surface area (Å²) in [5.41, 5.74) is 7.12. The number of carbonyl (C=O) groups is 3. The van der Waals surface area contributed by atoms with Gasteiger partial charge in [-0.2, -0.15) is 0 Å². The molecule has 1 fully saturated rings. The molecule has 2 atom stereocenters. The summed E-state index contributed by atoms with van der Waals surface area (Å²) in [6, 6.07) is 12.8. The lowest BCUT2D eigenvalue weighted by Crippen LogP contribution is -2.53. The first-order valence-electron chi connectivity index (χ1n) is 9.86. The van der Waals surface area contributed by atoms with E-state index in [1.165, 1.54) is 4.90 Å². The lowest BCUT2D eigenvalue weighted by atomic mass is 10.0. The second-order valence-electron chi connectivity index (χ2n) is 7.30. The van der Waals surface area contributed by atoms with Crippen LogP contribution in [-0.4, -0.2) is 41.4 Å². The van der Waals surface area contributed by atoms with Gasteiger partial charge in [-0.15, -0.1) is 0 Å². The van der Waals surface area contributed by atoms with Gasteiger partial charge in [-0.25, -0.2) is 4.79 Å². The number of likely N-dealkylation sites (tertiary alicyclic amines) is 1. The molecule has 0 bridgehead atoms. The number of rotatable bonds is 7. The summed E-state index contributed by atoms with van der Waals surface area (Å²) in [4.78, 5) is 38.8. The van der Waals surface area contributed by atoms with Crippen molar-refractivity contribution in [1.29, 1.82) is 0 Å². The number of nitrogens with two attached hydrogens (primary N) is 1. The maximum atomic E-state index is 12.9. The smallest absolute Gasteiger partial charge is 0.410 e. The molecule has 1 aliphatic rings. The first kappa shape index (κ1) is 23.1. The Hall–Kier alpha value is -2.58. The predicted octanol–water partition coefficient (Wildman–Crippen LogP) is 3.42. The van der Waals surface area contributed by atoms with Crippen molar-refractivity contribution >= 4 is 45.4 Å². The number of ether oxygens (including phenoxy) is 1. The van der Waals surface area contributed by atoms with Crippen LogP contribution in [0.15, 0.2) is 53.0 Å². The zero-order valence-corrected chi connectivity index (χ0v) is 19.1. The monoisotopic (exact) mass is 507 g/mol. The summed E-state index contributed by atoms with van der Waals surface area (Å²) >= 11 is 9.45. The molecule has 0 saturated carbocycles. The van der Waals surface area contributed by atoms with Crippen molar-refractivity contribution in [2.24, 2.45) is 5.73 Å². The Morgan fingerprint density at radius 2 is 1.97 bits per heavy atom. The number of nitrogens with zero attached hydrogens (tertiary/aromatic N) is 1. The second-order valence-corrected chi connectivity index (χ2v) is 8.59. The number of nitrogens with one attached hydrogen (secondary N) is 1. The topological polar surface area (TPSA) is 102 Å². The van der Waals surface area contributed by atoms with E-state index in [4.69, 9.17) is 22.1 Å². The molecule has 1 aliphatic heterocycles. The normalized spacial score (nSPS) is 16.6. The highest BCUT2D eigenvalue weighted by atomic mass is 79.9. The van der Waals surface area contributed by atoms with Crippen LogP contribution in [0.4, 0.5) is 4.79 Å². The minimum Gasteiger partial charge on any atom is -0.445 e. The van der Waals surface area contributed by atoms with Gasteiger partial charge in [-0.3, -0.25) is 14.5 Å². The molecule has 0 radical (unpaired) electrons. The summed E-state index contributed by atoms with van der Waals surface area (Å²) in [7, 11) is 0. The molecule has 0 aromatic heterocycles. The highest BCUT2D eigenvalue weighted by Crippen LogP contribution is 2.23. The SMILES string of the molecule is NC(=O)[C@@H](Cc1cc(Cl)ccc1Br)NC(=O)[C@H]1CCCN1C(=O)OCc1ccccc1. The van der Waals surface area contributed by atoms with Crippen LogP contribution in [0.25, 0.3) is 0 Å². The van der Waals surface area contributed by atoms with Crippen molar-refractivity contribution in [3.05, 3.63) is 69.2 Å². The Balaban J connectivity index is 1.63. The molecule has 0 spiro atoms. The van der Waals surface area contributed by atoms with Crippen molar-refractivity contribution in [3.8, 4) is 0 Å². The number of benzene rings is 2. The summed E-state index contributed by atoms with van der Waals surface area (Å²) in [5.74, 6) is -1.10. The lowest BCUT2D eigenvalue weighted by molar-refractivity contribution is -0.130. The third kappa shape index (κ3) is 6.21. The van der Waals surface area contributed by atoms with Crippen molar-refractivity contribution in [2.75, 3.05) is 6.54 Å². The fraction of sp³-hybridized carbons (Fsp3) is 0.318. The summed E-state index contributed by atoms with van der Waals surface area (Å²) in [6.45, 7) is 0.532. The fourth-order valence-electron chi connectivity index (χ4n) is 3.47. The largest absolute Gasteiger partial charge is 0.445 e. The fourth-order valence-corrected chi connectivity index (χ4v) is 4.07. The van der Waals surface area contributed by atoms with Crippen LogP contribution in [-0.2, 0) is 27.4 Å². The van der Waals surface area contributed by atoms with Gasteiger partial charge in [-0.05, 0) is 42.2 Å². The second kappa shape index (κ2) is 10.6. The Labute approximate surface area is 194 Å². The van der Waals surface area contributed by atoms with Crippen molar-refractivity contribution in [2.45, 2.75) is 38.0 Å². The Morgan fingerprint density at radius 3 is 2.68 bits per heavy atom. The maximum absolute atomic E-state index is 12.9. The molecule has 0 unspecified atom stereocenters. The van der Waals surface area contributed by atoms with Crippen molar-refractivity contribution in [1.82, 2.24) is 10.2 Å². The van der Waals surface area contributed by atoms with Gasteiger partial charge in [0.25, 0.3) is 0 Å². The Morgan fingerprint density at radius 1 is 1.23 bits per heavy atom. The molecule has 7 nitrogen and oxygen atoms in total. The molecular weight excluding hydrogens is 486 g/mol. The molecule has 164 valence electrons. The van der Waals surface area contributed by atoms with Crippen LogP contribution in [0.2, 0.25) is 5.02 Å². The van der Waals surface area contributed by atoms with Gasteiger partial charge in [0.2, 0.25) is 11.8 Å². The number of amides is 3. The van der Waals surface area contributed by atoms with E-state index in [-0.39, 0.29) is 13.0 Å².